The van der Waals surface area contributed by atoms with Gasteiger partial charge in [-0.2, -0.15) is 9.97 Å². The Labute approximate surface area is 105 Å². The summed E-state index contributed by atoms with van der Waals surface area (Å²) < 4.78 is 4.66. The van der Waals surface area contributed by atoms with Gasteiger partial charge in [-0.15, -0.1) is 0 Å². The van der Waals surface area contributed by atoms with Crippen LogP contribution in [0.15, 0.2) is 23.2 Å². The summed E-state index contributed by atoms with van der Waals surface area (Å²) >= 11 is 0. The molecule has 0 aromatic carbocycles. The van der Waals surface area contributed by atoms with Crippen LogP contribution >= 0.6 is 0 Å². The quantitative estimate of drug-likeness (QED) is 0.764. The lowest BCUT2D eigenvalue weighted by molar-refractivity contribution is 0.410. The first kappa shape index (κ1) is 12.3. The van der Waals surface area contributed by atoms with Crippen LogP contribution in [0.3, 0.4) is 0 Å². The van der Waals surface area contributed by atoms with E-state index in [-0.39, 0.29) is 0 Å². The zero-order chi connectivity index (χ0) is 12.6. The number of hydrogen-bond acceptors (Lipinski definition) is 7. The number of aromatic nitrogens is 4. The Kier molecular flexibility index (Phi) is 4.46. The van der Waals surface area contributed by atoms with E-state index >= 15 is 0 Å². The van der Waals surface area contributed by atoms with E-state index in [2.05, 4.69) is 42.2 Å². The monoisotopic (exact) mass is 248 g/mol. The summed E-state index contributed by atoms with van der Waals surface area (Å²) in [6.45, 7) is 3.66. The van der Waals surface area contributed by atoms with Crippen molar-refractivity contribution in [1.82, 2.24) is 20.1 Å². The molecule has 2 heterocycles. The maximum Gasteiger partial charge on any atom is 0.224 e. The van der Waals surface area contributed by atoms with Gasteiger partial charge < -0.3 is 15.2 Å². The lowest BCUT2D eigenvalue weighted by Gasteiger charge is -2.06. The molecular formula is C11H16N6O. The molecule has 0 unspecified atom stereocenters. The highest BCUT2D eigenvalue weighted by Gasteiger charge is 2.00. The second-order valence-corrected chi connectivity index (χ2v) is 3.72. The molecule has 0 fully saturated rings. The predicted molar refractivity (Wildman–Crippen MR) is 67.3 cm³/mol. The first-order valence-electron chi connectivity index (χ1n) is 5.94. The molecule has 0 saturated heterocycles. The van der Waals surface area contributed by atoms with Crippen molar-refractivity contribution in [2.24, 2.45) is 0 Å². The van der Waals surface area contributed by atoms with Gasteiger partial charge in [0.05, 0.1) is 0 Å². The van der Waals surface area contributed by atoms with Crippen LogP contribution in [0.25, 0.3) is 0 Å². The summed E-state index contributed by atoms with van der Waals surface area (Å²) in [6, 6.07) is 1.83. The van der Waals surface area contributed by atoms with E-state index in [1.807, 2.05) is 6.07 Å². The van der Waals surface area contributed by atoms with Crippen LogP contribution in [0.4, 0.5) is 11.8 Å². The summed E-state index contributed by atoms with van der Waals surface area (Å²) in [5.41, 5.74) is 0. The molecule has 2 aromatic heterocycles. The molecular weight excluding hydrogens is 232 g/mol. The van der Waals surface area contributed by atoms with Gasteiger partial charge in [0.1, 0.15) is 5.82 Å². The molecule has 0 aliphatic heterocycles. The number of rotatable bonds is 7. The second-order valence-electron chi connectivity index (χ2n) is 3.72. The van der Waals surface area contributed by atoms with Crippen LogP contribution in [0.2, 0.25) is 0 Å². The standard InChI is InChI=1S/C11H16N6O/c1-2-5-13-11-14-7-3-9(16-11)12-6-4-10-15-8-18-17-10/h3,7-8H,2,4-6H2,1H3,(H2,12,13,14,16). The molecule has 0 radical (unpaired) electrons. The minimum absolute atomic E-state index is 0.640. The van der Waals surface area contributed by atoms with Crippen LogP contribution in [-0.4, -0.2) is 33.2 Å². The molecule has 0 saturated carbocycles. The van der Waals surface area contributed by atoms with E-state index in [9.17, 15) is 0 Å². The van der Waals surface area contributed by atoms with Crippen molar-refractivity contribution in [1.29, 1.82) is 0 Å². The largest absolute Gasteiger partial charge is 0.369 e. The highest BCUT2D eigenvalue weighted by atomic mass is 16.5. The van der Waals surface area contributed by atoms with Gasteiger partial charge in [0, 0.05) is 25.7 Å². The predicted octanol–water partition coefficient (Wildman–Crippen LogP) is 1.34. The summed E-state index contributed by atoms with van der Waals surface area (Å²) in [5.74, 6) is 2.11. The van der Waals surface area contributed by atoms with Gasteiger partial charge in [-0.3, -0.25) is 0 Å². The Balaban J connectivity index is 1.81. The van der Waals surface area contributed by atoms with E-state index in [0.717, 1.165) is 18.8 Å². The summed E-state index contributed by atoms with van der Waals surface area (Å²) in [6.07, 6.45) is 4.78. The number of hydrogen-bond donors (Lipinski definition) is 2. The Morgan fingerprint density at radius 1 is 1.22 bits per heavy atom. The van der Waals surface area contributed by atoms with Gasteiger partial charge >= 0.3 is 0 Å². The molecule has 2 rings (SSSR count). The first-order valence-corrected chi connectivity index (χ1v) is 5.94. The fourth-order valence-corrected chi connectivity index (χ4v) is 1.38. The Morgan fingerprint density at radius 3 is 2.94 bits per heavy atom. The van der Waals surface area contributed by atoms with E-state index in [0.29, 0.717) is 24.7 Å². The fraction of sp³-hybridized carbons (Fsp3) is 0.455. The van der Waals surface area contributed by atoms with Gasteiger partial charge in [-0.1, -0.05) is 12.1 Å². The number of nitrogens with zero attached hydrogens (tertiary/aromatic N) is 4. The molecule has 0 atom stereocenters. The van der Waals surface area contributed by atoms with Crippen LogP contribution < -0.4 is 10.6 Å². The maximum atomic E-state index is 4.66. The van der Waals surface area contributed by atoms with Crippen molar-refractivity contribution < 1.29 is 4.52 Å². The lowest BCUT2D eigenvalue weighted by atomic mass is 10.4. The van der Waals surface area contributed by atoms with E-state index in [4.69, 9.17) is 0 Å². The third kappa shape index (κ3) is 3.69. The highest BCUT2D eigenvalue weighted by Crippen LogP contribution is 2.05. The van der Waals surface area contributed by atoms with Crippen LogP contribution in [-0.2, 0) is 6.42 Å². The minimum Gasteiger partial charge on any atom is -0.369 e. The topological polar surface area (TPSA) is 88.8 Å². The summed E-state index contributed by atoms with van der Waals surface area (Å²) in [4.78, 5) is 12.4. The number of anilines is 2. The van der Waals surface area contributed by atoms with E-state index in [1.54, 1.807) is 6.20 Å². The highest BCUT2D eigenvalue weighted by molar-refractivity contribution is 5.39. The Morgan fingerprint density at radius 2 is 2.17 bits per heavy atom. The molecule has 0 spiro atoms. The molecule has 0 amide bonds. The fourth-order valence-electron chi connectivity index (χ4n) is 1.38. The SMILES string of the molecule is CCCNc1nccc(NCCc2ncon2)n1. The van der Waals surface area contributed by atoms with Gasteiger partial charge in [-0.25, -0.2) is 4.98 Å². The zero-order valence-electron chi connectivity index (χ0n) is 10.3. The van der Waals surface area contributed by atoms with Gasteiger partial charge in [0.25, 0.3) is 0 Å². The van der Waals surface area contributed by atoms with Gasteiger partial charge in [0.2, 0.25) is 12.3 Å². The van der Waals surface area contributed by atoms with Gasteiger partial charge in [0.15, 0.2) is 5.82 Å². The molecule has 2 N–H and O–H groups in total. The van der Waals surface area contributed by atoms with Crippen LogP contribution in [0.5, 0.6) is 0 Å². The van der Waals surface area contributed by atoms with Crippen molar-refractivity contribution in [2.45, 2.75) is 19.8 Å². The molecule has 7 nitrogen and oxygen atoms in total. The normalized spacial score (nSPS) is 10.3. The summed E-state index contributed by atoms with van der Waals surface area (Å²) in [5, 5.41) is 10.1. The molecule has 0 aliphatic rings. The smallest absolute Gasteiger partial charge is 0.224 e. The molecule has 0 bridgehead atoms. The van der Waals surface area contributed by atoms with Gasteiger partial charge in [-0.05, 0) is 12.5 Å². The third-order valence-electron chi connectivity index (χ3n) is 2.25. The molecule has 96 valence electrons. The lowest BCUT2D eigenvalue weighted by Crippen LogP contribution is -2.09. The molecule has 0 aliphatic carbocycles. The molecule has 2 aromatic rings. The van der Waals surface area contributed by atoms with E-state index in [1.165, 1.54) is 6.39 Å². The van der Waals surface area contributed by atoms with Crippen molar-refractivity contribution >= 4 is 11.8 Å². The summed E-state index contributed by atoms with van der Waals surface area (Å²) in [7, 11) is 0. The molecule has 7 heteroatoms. The second kappa shape index (κ2) is 6.53. The Bertz CT molecular complexity index is 458. The first-order chi connectivity index (χ1) is 8.88. The Hall–Kier alpha value is -2.18. The van der Waals surface area contributed by atoms with Crippen molar-refractivity contribution in [3.05, 3.63) is 24.5 Å². The zero-order valence-corrected chi connectivity index (χ0v) is 10.3. The van der Waals surface area contributed by atoms with Crippen molar-refractivity contribution in [2.75, 3.05) is 23.7 Å². The van der Waals surface area contributed by atoms with E-state index < -0.39 is 0 Å². The van der Waals surface area contributed by atoms with Crippen molar-refractivity contribution in [3.8, 4) is 0 Å². The van der Waals surface area contributed by atoms with Crippen molar-refractivity contribution in [3.63, 3.8) is 0 Å². The third-order valence-corrected chi connectivity index (χ3v) is 2.25. The van der Waals surface area contributed by atoms with Crippen LogP contribution in [0, 0.1) is 0 Å². The molecule has 18 heavy (non-hydrogen) atoms. The average Bonchev–Trinajstić information content (AvgIpc) is 2.90. The maximum absolute atomic E-state index is 4.66. The minimum atomic E-state index is 0.640. The average molecular weight is 248 g/mol. The van der Waals surface area contributed by atoms with Crippen LogP contribution in [0.1, 0.15) is 19.2 Å². The number of nitrogens with one attached hydrogen (secondary N) is 2.